The van der Waals surface area contributed by atoms with Gasteiger partial charge in [0.05, 0.1) is 30.6 Å². The molecule has 1 amide bonds. The van der Waals surface area contributed by atoms with E-state index in [0.29, 0.717) is 31.2 Å². The fraction of sp³-hybridized carbons (Fsp3) is 0.579. The molecule has 4 aliphatic rings. The number of aliphatic hydroxyl groups excluding tert-OH is 1. The average Bonchev–Trinajstić information content (AvgIpc) is 3.24. The van der Waals surface area contributed by atoms with E-state index in [1.54, 1.807) is 17.0 Å². The van der Waals surface area contributed by atoms with Crippen LogP contribution in [-0.2, 0) is 14.3 Å². The Morgan fingerprint density at radius 3 is 2.76 bits per heavy atom. The zero-order chi connectivity index (χ0) is 17.8. The SMILES string of the molecule is COC(=O)[C@@H]1CC2(C(=O)N3CC(O)CC3c3cccc(F)c3)CC1C2. The van der Waals surface area contributed by atoms with E-state index in [4.69, 9.17) is 4.74 Å². The van der Waals surface area contributed by atoms with Gasteiger partial charge in [0.1, 0.15) is 5.82 Å². The Hall–Kier alpha value is -1.95. The van der Waals surface area contributed by atoms with Crippen molar-refractivity contribution in [1.29, 1.82) is 0 Å². The summed E-state index contributed by atoms with van der Waals surface area (Å²) in [6.45, 7) is 0.259. The third kappa shape index (κ3) is 2.54. The van der Waals surface area contributed by atoms with Crippen LogP contribution in [0.4, 0.5) is 4.39 Å². The summed E-state index contributed by atoms with van der Waals surface area (Å²) < 4.78 is 18.4. The van der Waals surface area contributed by atoms with Crippen LogP contribution < -0.4 is 0 Å². The molecule has 3 atom stereocenters. The third-order valence-corrected chi connectivity index (χ3v) is 6.22. The minimum Gasteiger partial charge on any atom is -0.469 e. The molecule has 0 radical (unpaired) electrons. The molecule has 5 rings (SSSR count). The molecule has 1 aliphatic heterocycles. The number of β-amino-alcohol motifs (C(OH)–C–C–N with tert-alkyl or cyclic N) is 1. The van der Waals surface area contributed by atoms with Crippen LogP contribution in [-0.4, -0.2) is 41.6 Å². The number of benzene rings is 1. The molecule has 1 heterocycles. The lowest BCUT2D eigenvalue weighted by atomic mass is 9.68. The van der Waals surface area contributed by atoms with E-state index in [-0.39, 0.29) is 42.1 Å². The fourth-order valence-corrected chi connectivity index (χ4v) is 5.04. The Morgan fingerprint density at radius 1 is 1.32 bits per heavy atom. The van der Waals surface area contributed by atoms with Gasteiger partial charge in [0.15, 0.2) is 0 Å². The first-order valence-electron chi connectivity index (χ1n) is 8.76. The molecule has 2 bridgehead atoms. The van der Waals surface area contributed by atoms with Crippen molar-refractivity contribution in [3.8, 4) is 0 Å². The molecule has 1 aromatic rings. The number of fused-ring (bicyclic) bond motifs is 1. The van der Waals surface area contributed by atoms with Gasteiger partial charge in [-0.2, -0.15) is 0 Å². The van der Waals surface area contributed by atoms with E-state index in [0.717, 1.165) is 0 Å². The van der Waals surface area contributed by atoms with Crippen LogP contribution in [0.15, 0.2) is 24.3 Å². The van der Waals surface area contributed by atoms with Crippen molar-refractivity contribution in [2.24, 2.45) is 17.3 Å². The van der Waals surface area contributed by atoms with Crippen LogP contribution in [0, 0.1) is 23.1 Å². The van der Waals surface area contributed by atoms with Crippen molar-refractivity contribution in [3.63, 3.8) is 0 Å². The smallest absolute Gasteiger partial charge is 0.308 e. The highest BCUT2D eigenvalue weighted by atomic mass is 19.1. The Morgan fingerprint density at radius 2 is 2.08 bits per heavy atom. The van der Waals surface area contributed by atoms with Crippen LogP contribution >= 0.6 is 0 Å². The lowest BCUT2D eigenvalue weighted by Gasteiger charge is -2.41. The number of rotatable bonds is 3. The molecule has 1 N–H and O–H groups in total. The summed E-state index contributed by atoms with van der Waals surface area (Å²) in [6.07, 6.45) is 1.73. The van der Waals surface area contributed by atoms with Gasteiger partial charge in [-0.15, -0.1) is 0 Å². The van der Waals surface area contributed by atoms with Crippen molar-refractivity contribution in [3.05, 3.63) is 35.6 Å². The normalized spacial score (nSPS) is 36.2. The third-order valence-electron chi connectivity index (χ3n) is 6.22. The maximum atomic E-state index is 13.6. The number of nitrogens with zero attached hydrogens (tertiary/aromatic N) is 1. The summed E-state index contributed by atoms with van der Waals surface area (Å²) in [7, 11) is 1.38. The van der Waals surface area contributed by atoms with Crippen molar-refractivity contribution in [2.75, 3.05) is 13.7 Å². The molecule has 1 aromatic carbocycles. The quantitative estimate of drug-likeness (QED) is 0.850. The molecule has 25 heavy (non-hydrogen) atoms. The molecule has 4 fully saturated rings. The van der Waals surface area contributed by atoms with Crippen LogP contribution in [0.2, 0.25) is 0 Å². The number of likely N-dealkylation sites (tertiary alicyclic amines) is 1. The van der Waals surface area contributed by atoms with Gasteiger partial charge in [0.25, 0.3) is 0 Å². The number of hydrogen-bond acceptors (Lipinski definition) is 4. The lowest BCUT2D eigenvalue weighted by Crippen LogP contribution is -2.47. The number of ether oxygens (including phenoxy) is 1. The number of amides is 1. The largest absolute Gasteiger partial charge is 0.469 e. The monoisotopic (exact) mass is 347 g/mol. The zero-order valence-corrected chi connectivity index (χ0v) is 14.2. The number of hydrogen-bond donors (Lipinski definition) is 1. The summed E-state index contributed by atoms with van der Waals surface area (Å²) in [6, 6.07) is 5.89. The minimum absolute atomic E-state index is 0.0130. The maximum absolute atomic E-state index is 13.6. The van der Waals surface area contributed by atoms with Crippen molar-refractivity contribution < 1.29 is 23.8 Å². The molecular formula is C19H22FNO4. The van der Waals surface area contributed by atoms with E-state index in [1.807, 2.05) is 0 Å². The Labute approximate surface area is 145 Å². The van der Waals surface area contributed by atoms with Crippen molar-refractivity contribution >= 4 is 11.9 Å². The molecule has 134 valence electrons. The molecule has 2 unspecified atom stereocenters. The number of halogens is 1. The molecule has 6 heteroatoms. The minimum atomic E-state index is -0.609. The fourth-order valence-electron chi connectivity index (χ4n) is 5.04. The van der Waals surface area contributed by atoms with Gasteiger partial charge in [0, 0.05) is 6.54 Å². The van der Waals surface area contributed by atoms with Crippen LogP contribution in [0.1, 0.15) is 37.3 Å². The molecule has 3 aliphatic carbocycles. The second-order valence-corrected chi connectivity index (χ2v) is 7.70. The number of esters is 1. The second kappa shape index (κ2) is 5.80. The predicted octanol–water partition coefficient (Wildman–Crippen LogP) is 2.05. The van der Waals surface area contributed by atoms with E-state index in [1.165, 1.54) is 19.2 Å². The highest BCUT2D eigenvalue weighted by molar-refractivity contribution is 5.87. The highest BCUT2D eigenvalue weighted by Gasteiger charge is 2.64. The first-order valence-corrected chi connectivity index (χ1v) is 8.76. The van der Waals surface area contributed by atoms with E-state index in [9.17, 15) is 19.1 Å². The molecule has 0 aromatic heterocycles. The molecule has 3 saturated carbocycles. The summed E-state index contributed by atoms with van der Waals surface area (Å²) in [5, 5.41) is 10.1. The van der Waals surface area contributed by atoms with E-state index in [2.05, 4.69) is 0 Å². The van der Waals surface area contributed by atoms with Crippen molar-refractivity contribution in [1.82, 2.24) is 4.90 Å². The molecule has 1 saturated heterocycles. The molecular weight excluding hydrogens is 325 g/mol. The second-order valence-electron chi connectivity index (χ2n) is 7.70. The van der Waals surface area contributed by atoms with Gasteiger partial charge in [-0.1, -0.05) is 12.1 Å². The number of carbonyl (C=O) groups excluding carboxylic acids is 2. The number of aliphatic hydroxyl groups is 1. The topological polar surface area (TPSA) is 66.8 Å². The number of carbonyl (C=O) groups is 2. The summed E-state index contributed by atoms with van der Waals surface area (Å²) in [4.78, 5) is 26.8. The van der Waals surface area contributed by atoms with Gasteiger partial charge < -0.3 is 14.7 Å². The summed E-state index contributed by atoms with van der Waals surface area (Å²) in [5.41, 5.74) is 0.193. The molecule has 5 nitrogen and oxygen atoms in total. The van der Waals surface area contributed by atoms with Crippen LogP contribution in [0.5, 0.6) is 0 Å². The van der Waals surface area contributed by atoms with Gasteiger partial charge in [-0.25, -0.2) is 4.39 Å². The molecule has 0 spiro atoms. The maximum Gasteiger partial charge on any atom is 0.308 e. The predicted molar refractivity (Wildman–Crippen MR) is 86.8 cm³/mol. The van der Waals surface area contributed by atoms with Crippen LogP contribution in [0.25, 0.3) is 0 Å². The van der Waals surface area contributed by atoms with Gasteiger partial charge in [-0.3, -0.25) is 9.59 Å². The average molecular weight is 347 g/mol. The van der Waals surface area contributed by atoms with E-state index < -0.39 is 11.5 Å². The van der Waals surface area contributed by atoms with Gasteiger partial charge in [-0.05, 0) is 49.3 Å². The van der Waals surface area contributed by atoms with E-state index >= 15 is 0 Å². The Kier molecular flexibility index (Phi) is 3.83. The zero-order valence-electron chi connectivity index (χ0n) is 14.2. The summed E-state index contributed by atoms with van der Waals surface area (Å²) >= 11 is 0. The first kappa shape index (κ1) is 16.5. The Balaban J connectivity index is 1.56. The highest BCUT2D eigenvalue weighted by Crippen LogP contribution is 2.63. The first-order chi connectivity index (χ1) is 11.9. The van der Waals surface area contributed by atoms with Gasteiger partial charge in [0.2, 0.25) is 5.91 Å². The van der Waals surface area contributed by atoms with Crippen molar-refractivity contribution in [2.45, 2.75) is 37.8 Å². The number of methoxy groups -OCH3 is 1. The van der Waals surface area contributed by atoms with Gasteiger partial charge >= 0.3 is 5.97 Å². The standard InChI is InChI=1S/C19H22FNO4/c1-25-17(23)15-9-19(7-12(15)8-19)18(24)21-10-14(22)6-16(21)11-3-2-4-13(20)5-11/h2-5,12,14-16,22H,6-10H2,1H3/t12?,14?,15-,16?,19?/m1/s1. The summed E-state index contributed by atoms with van der Waals surface area (Å²) in [5.74, 6) is -0.577. The Bertz CT molecular complexity index is 715. The van der Waals surface area contributed by atoms with Crippen LogP contribution in [0.3, 0.4) is 0 Å². The lowest BCUT2D eigenvalue weighted by molar-refractivity contribution is -0.148.